The van der Waals surface area contributed by atoms with Crippen LogP contribution >= 0.6 is 11.8 Å². The van der Waals surface area contributed by atoms with Gasteiger partial charge >= 0.3 is 0 Å². The van der Waals surface area contributed by atoms with Crippen LogP contribution in [0.25, 0.3) is 11.2 Å². The first-order valence-electron chi connectivity index (χ1n) is 6.09. The van der Waals surface area contributed by atoms with Crippen molar-refractivity contribution < 1.29 is 15.3 Å². The molecule has 0 aliphatic carbocycles. The van der Waals surface area contributed by atoms with Crippen LogP contribution in [0.15, 0.2) is 11.1 Å². The number of nitrogens with one attached hydrogen (secondary N) is 1. The second kappa shape index (κ2) is 4.85. The van der Waals surface area contributed by atoms with E-state index in [9.17, 15) is 20.1 Å². The lowest BCUT2D eigenvalue weighted by Crippen LogP contribution is -2.32. The maximum absolute atomic E-state index is 11.8. The Morgan fingerprint density at radius 3 is 2.85 bits per heavy atom. The molecule has 0 amide bonds. The molecule has 0 unspecified atom stereocenters. The van der Waals surface area contributed by atoms with E-state index in [4.69, 9.17) is 0 Å². The summed E-state index contributed by atoms with van der Waals surface area (Å²) in [5, 5.41) is 28.1. The number of hydrogen-bond acceptors (Lipinski definition) is 7. The molecule has 3 heterocycles. The third-order valence-electron chi connectivity index (χ3n) is 3.34. The monoisotopic (exact) mass is 298 g/mol. The molecule has 8 nitrogen and oxygen atoms in total. The maximum atomic E-state index is 11.8. The highest BCUT2D eigenvalue weighted by atomic mass is 32.2. The maximum Gasteiger partial charge on any atom is 0.279 e. The molecule has 1 saturated heterocycles. The van der Waals surface area contributed by atoms with Crippen LogP contribution in [0.5, 0.6) is 0 Å². The average molecular weight is 298 g/mol. The van der Waals surface area contributed by atoms with Crippen molar-refractivity contribution in [2.75, 3.05) is 6.61 Å². The number of rotatable bonds is 2. The summed E-state index contributed by atoms with van der Waals surface area (Å²) in [4.78, 5) is 22.5. The van der Waals surface area contributed by atoms with Gasteiger partial charge in [0.1, 0.15) is 17.3 Å². The molecule has 0 aromatic carbocycles. The molecule has 3 rings (SSSR count). The lowest BCUT2D eigenvalue weighted by atomic mass is 10.1. The van der Waals surface area contributed by atoms with Crippen molar-refractivity contribution in [1.82, 2.24) is 19.5 Å². The number of nitrogens with zero attached hydrogens (tertiary/aromatic N) is 3. The summed E-state index contributed by atoms with van der Waals surface area (Å²) in [5.74, 6) is 0.445. The number of hydrogen-bond donors (Lipinski definition) is 4. The number of aryl methyl sites for hydroxylation is 1. The Labute approximate surface area is 117 Å². The number of fused-ring (bicyclic) bond motifs is 1. The minimum Gasteiger partial charge on any atom is -0.395 e. The van der Waals surface area contributed by atoms with Crippen LogP contribution in [-0.4, -0.2) is 58.9 Å². The van der Waals surface area contributed by atoms with E-state index in [1.165, 1.54) is 18.1 Å². The number of H-pyrrole nitrogens is 1. The first kappa shape index (κ1) is 13.6. The van der Waals surface area contributed by atoms with Crippen molar-refractivity contribution in [2.24, 2.45) is 0 Å². The van der Waals surface area contributed by atoms with E-state index >= 15 is 0 Å². The first-order valence-corrected chi connectivity index (χ1v) is 7.03. The highest BCUT2D eigenvalue weighted by Gasteiger charge is 2.43. The summed E-state index contributed by atoms with van der Waals surface area (Å²) < 4.78 is 1.56. The lowest BCUT2D eigenvalue weighted by Gasteiger charge is -2.16. The Hall–Kier alpha value is -1.42. The predicted molar refractivity (Wildman–Crippen MR) is 72.4 cm³/mol. The van der Waals surface area contributed by atoms with Gasteiger partial charge in [0.15, 0.2) is 11.2 Å². The van der Waals surface area contributed by atoms with Gasteiger partial charge in [0.25, 0.3) is 5.56 Å². The fourth-order valence-corrected chi connectivity index (χ4v) is 3.71. The van der Waals surface area contributed by atoms with Crippen LogP contribution in [0, 0.1) is 6.92 Å². The Morgan fingerprint density at radius 1 is 1.45 bits per heavy atom. The molecule has 4 atom stereocenters. The van der Waals surface area contributed by atoms with E-state index in [0.717, 1.165) is 0 Å². The summed E-state index contributed by atoms with van der Waals surface area (Å²) in [5.41, 5.74) is 0.196. The smallest absolute Gasteiger partial charge is 0.279 e. The first-order chi connectivity index (χ1) is 9.52. The third kappa shape index (κ3) is 1.94. The zero-order valence-corrected chi connectivity index (χ0v) is 11.4. The molecule has 2 aromatic heterocycles. The van der Waals surface area contributed by atoms with Crippen molar-refractivity contribution in [3.05, 3.63) is 22.5 Å². The Morgan fingerprint density at radius 2 is 2.20 bits per heavy atom. The molecule has 20 heavy (non-hydrogen) atoms. The minimum absolute atomic E-state index is 0.185. The Bertz CT molecular complexity index is 699. The molecule has 9 heteroatoms. The quantitative estimate of drug-likeness (QED) is 0.546. The molecule has 0 radical (unpaired) electrons. The topological polar surface area (TPSA) is 124 Å². The van der Waals surface area contributed by atoms with Gasteiger partial charge in [-0.1, -0.05) is 0 Å². The predicted octanol–water partition coefficient (Wildman–Crippen LogP) is -1.24. The van der Waals surface area contributed by atoms with Gasteiger partial charge in [-0.25, -0.2) is 9.97 Å². The molecule has 1 aliphatic rings. The second-order valence-electron chi connectivity index (χ2n) is 4.70. The summed E-state index contributed by atoms with van der Waals surface area (Å²) in [6.07, 6.45) is -0.675. The molecule has 0 saturated carbocycles. The van der Waals surface area contributed by atoms with Crippen molar-refractivity contribution in [3.8, 4) is 0 Å². The van der Waals surface area contributed by atoms with Gasteiger partial charge in [0.05, 0.1) is 24.3 Å². The van der Waals surface area contributed by atoms with E-state index in [-0.39, 0.29) is 17.7 Å². The zero-order chi connectivity index (χ0) is 14.4. The molecular formula is C11H14N4O4S. The van der Waals surface area contributed by atoms with Gasteiger partial charge in [0.2, 0.25) is 0 Å². The minimum atomic E-state index is -1.06. The molecule has 108 valence electrons. The van der Waals surface area contributed by atoms with Crippen LogP contribution in [0.3, 0.4) is 0 Å². The highest BCUT2D eigenvalue weighted by molar-refractivity contribution is 8.00. The average Bonchev–Trinajstić information content (AvgIpc) is 2.93. The fourth-order valence-electron chi connectivity index (χ4n) is 2.33. The number of aromatic nitrogens is 4. The number of aromatic amines is 1. The summed E-state index contributed by atoms with van der Waals surface area (Å²) >= 11 is 1.23. The van der Waals surface area contributed by atoms with Gasteiger partial charge in [-0.2, -0.15) is 0 Å². The normalized spacial score (nSPS) is 30.2. The third-order valence-corrected chi connectivity index (χ3v) is 4.90. The fraction of sp³-hybridized carbons (Fsp3) is 0.545. The number of thioether (sulfide) groups is 1. The van der Waals surface area contributed by atoms with Crippen LogP contribution in [0.1, 0.15) is 11.2 Å². The molecule has 1 fully saturated rings. The molecule has 1 aliphatic heterocycles. The largest absolute Gasteiger partial charge is 0.395 e. The summed E-state index contributed by atoms with van der Waals surface area (Å²) in [7, 11) is 0. The van der Waals surface area contributed by atoms with Gasteiger partial charge in [-0.3, -0.25) is 9.36 Å². The molecule has 0 spiro atoms. The SMILES string of the molecule is Cc1nc2c(ncn2[C@@H]2S[C@H](CO)[C@@H](O)[C@@H]2O)c(=O)[nH]1. The summed E-state index contributed by atoms with van der Waals surface area (Å²) in [6, 6.07) is 0. The van der Waals surface area contributed by atoms with Gasteiger partial charge in [-0.05, 0) is 6.92 Å². The molecular weight excluding hydrogens is 284 g/mol. The lowest BCUT2D eigenvalue weighted by molar-refractivity contribution is 0.0113. The second-order valence-corrected chi connectivity index (χ2v) is 6.06. The Kier molecular flexibility index (Phi) is 3.28. The highest BCUT2D eigenvalue weighted by Crippen LogP contribution is 2.42. The van der Waals surface area contributed by atoms with Gasteiger partial charge in [0, 0.05) is 0 Å². The number of aliphatic hydroxyl groups excluding tert-OH is 3. The molecule has 0 bridgehead atoms. The van der Waals surface area contributed by atoms with E-state index < -0.39 is 22.8 Å². The van der Waals surface area contributed by atoms with Crippen molar-refractivity contribution in [2.45, 2.75) is 29.8 Å². The number of imidazole rings is 1. The van der Waals surface area contributed by atoms with Crippen LogP contribution in [0.2, 0.25) is 0 Å². The van der Waals surface area contributed by atoms with E-state index in [1.807, 2.05) is 0 Å². The van der Waals surface area contributed by atoms with Gasteiger partial charge < -0.3 is 20.3 Å². The summed E-state index contributed by atoms with van der Waals surface area (Å²) in [6.45, 7) is 1.42. The zero-order valence-electron chi connectivity index (χ0n) is 10.6. The van der Waals surface area contributed by atoms with E-state index in [1.54, 1.807) is 11.5 Å². The Balaban J connectivity index is 2.09. The standard InChI is InChI=1S/C11H14N4O4S/c1-4-13-9-6(10(19)14-4)12-3-15(9)11-8(18)7(17)5(2-16)20-11/h3,5,7-8,11,16-18H,2H2,1H3,(H,13,14,19)/t5-,7-,8+,11-/m1/s1. The van der Waals surface area contributed by atoms with Crippen LogP contribution in [-0.2, 0) is 0 Å². The van der Waals surface area contributed by atoms with Crippen molar-refractivity contribution >= 4 is 22.9 Å². The van der Waals surface area contributed by atoms with Crippen molar-refractivity contribution in [1.29, 1.82) is 0 Å². The van der Waals surface area contributed by atoms with Crippen LogP contribution < -0.4 is 5.56 Å². The molecule has 4 N–H and O–H groups in total. The van der Waals surface area contributed by atoms with Crippen molar-refractivity contribution in [3.63, 3.8) is 0 Å². The van der Waals surface area contributed by atoms with E-state index in [0.29, 0.717) is 11.5 Å². The van der Waals surface area contributed by atoms with Gasteiger partial charge in [-0.15, -0.1) is 11.8 Å². The molecule has 2 aromatic rings. The van der Waals surface area contributed by atoms with Crippen LogP contribution in [0.4, 0.5) is 0 Å². The number of aliphatic hydroxyl groups is 3. The van der Waals surface area contributed by atoms with E-state index in [2.05, 4.69) is 15.0 Å².